The number of halogens is 2. The molecule has 0 spiro atoms. The van der Waals surface area contributed by atoms with Crippen molar-refractivity contribution in [2.45, 2.75) is 44.8 Å². The van der Waals surface area contributed by atoms with Crippen molar-refractivity contribution < 1.29 is 9.84 Å². The number of aliphatic hydroxyl groups is 1. The first-order valence-electron chi connectivity index (χ1n) is 10.4. The van der Waals surface area contributed by atoms with Gasteiger partial charge in [0.25, 0.3) is 0 Å². The fourth-order valence-electron chi connectivity index (χ4n) is 3.86. The second-order valence-corrected chi connectivity index (χ2v) is 9.08. The average Bonchev–Trinajstić information content (AvgIpc) is 3.22. The minimum Gasteiger partial charge on any atom is -0.478 e. The average molecular weight is 446 g/mol. The zero-order valence-corrected chi connectivity index (χ0v) is 19.0. The van der Waals surface area contributed by atoms with Gasteiger partial charge in [-0.3, -0.25) is 0 Å². The van der Waals surface area contributed by atoms with E-state index in [2.05, 4.69) is 20.4 Å². The van der Waals surface area contributed by atoms with Crippen molar-refractivity contribution in [2.24, 2.45) is 16.8 Å². The molecule has 4 atom stereocenters. The van der Waals surface area contributed by atoms with E-state index in [1.165, 1.54) is 0 Å². The molecule has 2 aromatic carbocycles. The summed E-state index contributed by atoms with van der Waals surface area (Å²) < 4.78 is 5.98. The zero-order valence-electron chi connectivity index (χ0n) is 17.5. The van der Waals surface area contributed by atoms with E-state index in [4.69, 9.17) is 32.9 Å². The van der Waals surface area contributed by atoms with Gasteiger partial charge < -0.3 is 9.84 Å². The van der Waals surface area contributed by atoms with E-state index < -0.39 is 6.10 Å². The van der Waals surface area contributed by atoms with E-state index in [0.29, 0.717) is 29.0 Å². The number of rotatable bonds is 9. The molecule has 3 nitrogen and oxygen atoms in total. The van der Waals surface area contributed by atoms with Gasteiger partial charge in [0, 0.05) is 21.9 Å². The van der Waals surface area contributed by atoms with Gasteiger partial charge in [-0.1, -0.05) is 67.4 Å². The molecule has 2 aromatic rings. The predicted molar refractivity (Wildman–Crippen MR) is 126 cm³/mol. The number of allylic oxidation sites excluding steroid dienone is 1. The highest BCUT2D eigenvalue weighted by molar-refractivity contribution is 6.30. The lowest BCUT2D eigenvalue weighted by Gasteiger charge is -2.28. The molecule has 1 aliphatic rings. The highest BCUT2D eigenvalue weighted by atomic mass is 35.5. The number of aliphatic hydroxyl groups excluding tert-OH is 1. The van der Waals surface area contributed by atoms with Crippen LogP contribution >= 0.6 is 23.2 Å². The van der Waals surface area contributed by atoms with Gasteiger partial charge in [-0.25, -0.2) is 4.99 Å². The first-order chi connectivity index (χ1) is 14.4. The van der Waals surface area contributed by atoms with Crippen LogP contribution in [0.3, 0.4) is 0 Å². The van der Waals surface area contributed by atoms with Gasteiger partial charge in [0.2, 0.25) is 0 Å². The number of nitrogens with zero attached hydrogens (tertiary/aromatic N) is 1. The lowest BCUT2D eigenvalue weighted by molar-refractivity contribution is 0.134. The maximum Gasteiger partial charge on any atom is 0.187 e. The van der Waals surface area contributed by atoms with Crippen molar-refractivity contribution in [1.29, 1.82) is 0 Å². The molecule has 1 heterocycles. The number of hydrogen-bond acceptors (Lipinski definition) is 3. The summed E-state index contributed by atoms with van der Waals surface area (Å²) in [6.07, 6.45) is 2.58. The Hall–Kier alpha value is -1.81. The Bertz CT molecular complexity index is 879. The van der Waals surface area contributed by atoms with Crippen molar-refractivity contribution >= 4 is 29.1 Å². The fourth-order valence-corrected chi connectivity index (χ4v) is 4.18. The maximum atomic E-state index is 11.3. The van der Waals surface area contributed by atoms with Gasteiger partial charge in [0.15, 0.2) is 5.90 Å². The minimum atomic E-state index is -0.712. The topological polar surface area (TPSA) is 41.8 Å². The number of aliphatic imine (C=N–C) groups is 1. The second kappa shape index (κ2) is 10.5. The second-order valence-electron chi connectivity index (χ2n) is 8.20. The molecular weight excluding hydrogens is 417 g/mol. The van der Waals surface area contributed by atoms with E-state index in [1.54, 1.807) is 12.1 Å². The van der Waals surface area contributed by atoms with E-state index in [0.717, 1.165) is 23.4 Å². The maximum absolute atomic E-state index is 11.3. The molecular formula is C25H29Cl2NO2. The Morgan fingerprint density at radius 2 is 1.87 bits per heavy atom. The Labute approximate surface area is 189 Å². The summed E-state index contributed by atoms with van der Waals surface area (Å²) in [5.74, 6) is 1.05. The monoisotopic (exact) mass is 445 g/mol. The number of ether oxygens (including phenoxy) is 1. The summed E-state index contributed by atoms with van der Waals surface area (Å²) in [4.78, 5) is 4.84. The first kappa shape index (κ1) is 22.9. The number of hydrogen-bond donors (Lipinski definition) is 1. The van der Waals surface area contributed by atoms with Crippen molar-refractivity contribution in [2.75, 3.05) is 6.61 Å². The lowest BCUT2D eigenvalue weighted by atomic mass is 9.81. The van der Waals surface area contributed by atoms with Crippen molar-refractivity contribution in [3.05, 3.63) is 82.4 Å². The molecule has 4 unspecified atom stereocenters. The third kappa shape index (κ3) is 5.66. The van der Waals surface area contributed by atoms with Crippen LogP contribution < -0.4 is 0 Å². The molecule has 5 heteroatoms. The summed E-state index contributed by atoms with van der Waals surface area (Å²) >= 11 is 12.3. The molecule has 0 fully saturated rings. The Morgan fingerprint density at radius 1 is 1.13 bits per heavy atom. The predicted octanol–water partition coefficient (Wildman–Crippen LogP) is 6.85. The molecule has 1 aliphatic heterocycles. The van der Waals surface area contributed by atoms with Crippen LogP contribution in [-0.4, -0.2) is 23.7 Å². The van der Waals surface area contributed by atoms with Gasteiger partial charge >= 0.3 is 0 Å². The van der Waals surface area contributed by atoms with Crippen LogP contribution in [0.15, 0.2) is 66.2 Å². The molecule has 30 heavy (non-hydrogen) atoms. The largest absolute Gasteiger partial charge is 0.478 e. The smallest absolute Gasteiger partial charge is 0.187 e. The molecule has 0 aliphatic carbocycles. The summed E-state index contributed by atoms with van der Waals surface area (Å²) in [5.41, 5.74) is 1.80. The summed E-state index contributed by atoms with van der Waals surface area (Å²) in [6.45, 7) is 8.85. The minimum absolute atomic E-state index is 0.0391. The molecule has 0 saturated carbocycles. The highest BCUT2D eigenvalue weighted by Gasteiger charge is 2.32. The van der Waals surface area contributed by atoms with Crippen molar-refractivity contribution in [3.8, 4) is 0 Å². The van der Waals surface area contributed by atoms with E-state index in [1.807, 2.05) is 42.5 Å². The molecule has 0 radical (unpaired) electrons. The quantitative estimate of drug-likeness (QED) is 0.428. The van der Waals surface area contributed by atoms with Crippen LogP contribution in [0.5, 0.6) is 0 Å². The van der Waals surface area contributed by atoms with E-state index >= 15 is 0 Å². The van der Waals surface area contributed by atoms with E-state index in [9.17, 15) is 5.11 Å². The van der Waals surface area contributed by atoms with Gasteiger partial charge in [-0.05, 0) is 54.2 Å². The van der Waals surface area contributed by atoms with Gasteiger partial charge in [-0.2, -0.15) is 0 Å². The van der Waals surface area contributed by atoms with Gasteiger partial charge in [0.05, 0.1) is 12.1 Å². The molecule has 0 bridgehead atoms. The lowest BCUT2D eigenvalue weighted by Crippen LogP contribution is -2.21. The zero-order chi connectivity index (χ0) is 21.7. The van der Waals surface area contributed by atoms with Crippen LogP contribution in [0, 0.1) is 11.8 Å². The van der Waals surface area contributed by atoms with Gasteiger partial charge in [0.1, 0.15) is 6.61 Å². The summed E-state index contributed by atoms with van der Waals surface area (Å²) in [7, 11) is 0. The third-order valence-electron chi connectivity index (χ3n) is 5.67. The standard InChI is InChI=1S/C25H29Cl2NO2/c1-4-6-19(25-28-23(15-30-25)16(2)3)14-22(18-7-5-8-21(27)13-18)24(29)17-9-11-20(26)12-10-17/h4-5,7-13,16,19,22-24,29H,1,6,14-15H2,2-3H3. The Kier molecular flexibility index (Phi) is 7.99. The molecule has 3 rings (SSSR count). The van der Waals surface area contributed by atoms with Crippen molar-refractivity contribution in [1.82, 2.24) is 0 Å². The third-order valence-corrected chi connectivity index (χ3v) is 6.16. The Morgan fingerprint density at radius 3 is 2.47 bits per heavy atom. The summed E-state index contributed by atoms with van der Waals surface area (Å²) in [6, 6.07) is 15.2. The van der Waals surface area contributed by atoms with E-state index in [-0.39, 0.29) is 17.9 Å². The van der Waals surface area contributed by atoms with Crippen LogP contribution in [0.1, 0.15) is 49.8 Å². The Balaban J connectivity index is 1.93. The SMILES string of the molecule is C=CCC(CC(c1cccc(Cl)c1)C(O)c1ccc(Cl)cc1)C1=NC(C(C)C)CO1. The molecule has 0 saturated heterocycles. The van der Waals surface area contributed by atoms with Gasteiger partial charge in [-0.15, -0.1) is 6.58 Å². The highest BCUT2D eigenvalue weighted by Crippen LogP contribution is 2.39. The summed E-state index contributed by atoms with van der Waals surface area (Å²) in [5, 5.41) is 12.6. The fraction of sp³-hybridized carbons (Fsp3) is 0.400. The molecule has 0 aromatic heterocycles. The normalized spacial score (nSPS) is 19.1. The van der Waals surface area contributed by atoms with Crippen molar-refractivity contribution in [3.63, 3.8) is 0 Å². The van der Waals surface area contributed by atoms with Crippen LogP contribution in [0.25, 0.3) is 0 Å². The molecule has 1 N–H and O–H groups in total. The first-order valence-corrected chi connectivity index (χ1v) is 11.1. The molecule has 0 amide bonds. The van der Waals surface area contributed by atoms with Crippen LogP contribution in [0.2, 0.25) is 10.0 Å². The van der Waals surface area contributed by atoms with Crippen LogP contribution in [0.4, 0.5) is 0 Å². The van der Waals surface area contributed by atoms with Crippen LogP contribution in [-0.2, 0) is 4.74 Å². The number of benzene rings is 2. The molecule has 160 valence electrons.